The van der Waals surface area contributed by atoms with Gasteiger partial charge in [0.2, 0.25) is 17.1 Å². The summed E-state index contributed by atoms with van der Waals surface area (Å²) in [6.07, 6.45) is 19.5. The Kier molecular flexibility index (Phi) is 5.08. The smallest absolute Gasteiger partial charge is 0.235 e. The van der Waals surface area contributed by atoms with E-state index in [1.54, 1.807) is 0 Å². The fourth-order valence-electron chi connectivity index (χ4n) is 9.52. The van der Waals surface area contributed by atoms with Crippen molar-refractivity contribution in [2.75, 3.05) is 9.80 Å². The summed E-state index contributed by atoms with van der Waals surface area (Å²) in [7, 11) is 0. The minimum Gasteiger partial charge on any atom is -0.330 e. The summed E-state index contributed by atoms with van der Waals surface area (Å²) in [6.45, 7) is 4.74. The molecule has 0 aromatic heterocycles. The molecule has 7 aliphatic rings. The van der Waals surface area contributed by atoms with Gasteiger partial charge in [-0.2, -0.15) is 4.58 Å². The molecule has 228 valence electrons. The maximum atomic E-state index is 2.66. The molecule has 0 saturated heterocycles. The summed E-state index contributed by atoms with van der Waals surface area (Å²) in [4.78, 5) is 5.20. The lowest BCUT2D eigenvalue weighted by Gasteiger charge is -2.35. The summed E-state index contributed by atoms with van der Waals surface area (Å²) in [6, 6.07) is 36.3. The molecule has 0 fully saturated rings. The minimum atomic E-state index is -0.0560. The molecule has 0 amide bonds. The van der Waals surface area contributed by atoms with Crippen LogP contribution in [0.25, 0.3) is 11.1 Å². The van der Waals surface area contributed by atoms with E-state index in [-0.39, 0.29) is 17.5 Å². The van der Waals surface area contributed by atoms with Crippen molar-refractivity contribution in [1.29, 1.82) is 0 Å². The molecule has 3 aliphatic heterocycles. The van der Waals surface area contributed by atoms with Gasteiger partial charge in [-0.3, -0.25) is 0 Å². The summed E-state index contributed by atoms with van der Waals surface area (Å²) >= 11 is 0. The number of benzene rings is 4. The molecule has 11 rings (SSSR count). The average molecular weight is 617 g/mol. The number of rotatable bonds is 2. The van der Waals surface area contributed by atoms with Crippen LogP contribution < -0.4 is 14.4 Å². The largest absolute Gasteiger partial charge is 0.330 e. The Morgan fingerprint density at radius 2 is 1.56 bits per heavy atom. The third kappa shape index (κ3) is 3.26. The molecule has 0 saturated carbocycles. The van der Waals surface area contributed by atoms with Gasteiger partial charge in [0.05, 0.1) is 6.04 Å². The maximum absolute atomic E-state index is 2.66. The SMILES string of the molecule is CC1(C)c2ccccc2-c2ccc([N+]3=C4C=CC=C5C6=C(CC7=C8C=CC=CC8N(c8ccccc8)C7=C6)N(c6ccccc63)C54)cc21. The Balaban J connectivity index is 1.10. The highest BCUT2D eigenvalue weighted by Gasteiger charge is 2.51. The average Bonchev–Trinajstić information content (AvgIpc) is 3.72. The van der Waals surface area contributed by atoms with E-state index in [9.17, 15) is 0 Å². The van der Waals surface area contributed by atoms with Gasteiger partial charge in [0.25, 0.3) is 0 Å². The lowest BCUT2D eigenvalue weighted by molar-refractivity contribution is 0.660. The van der Waals surface area contributed by atoms with Gasteiger partial charge in [0.15, 0.2) is 0 Å². The lowest BCUT2D eigenvalue weighted by atomic mass is 9.82. The van der Waals surface area contributed by atoms with Gasteiger partial charge >= 0.3 is 0 Å². The summed E-state index contributed by atoms with van der Waals surface area (Å²) < 4.78 is 2.54. The lowest BCUT2D eigenvalue weighted by Crippen LogP contribution is -2.45. The zero-order valence-electron chi connectivity index (χ0n) is 27.1. The highest BCUT2D eigenvalue weighted by atomic mass is 15.3. The van der Waals surface area contributed by atoms with E-state index in [2.05, 4.69) is 174 Å². The summed E-state index contributed by atoms with van der Waals surface area (Å²) in [5.41, 5.74) is 20.1. The molecule has 0 spiro atoms. The third-order valence-corrected chi connectivity index (χ3v) is 11.6. The zero-order chi connectivity index (χ0) is 31.7. The molecular weight excluding hydrogens is 583 g/mol. The standard InChI is InChI=1S/C45H34N3/c1-45(2)36-18-8-6-15-30(36)31-24-23-29(25-37(31)45)47-39-20-10-11-21-40(39)48-43-26-34-32-16-7-9-19-38(32)46(28-13-4-3-5-14-28)42(34)27-35(43)33-17-12-22-41(47)44(33)48/h3-25,27,38,44H,26H2,1-2H3/q+1. The van der Waals surface area contributed by atoms with Crippen molar-refractivity contribution in [2.45, 2.75) is 37.8 Å². The van der Waals surface area contributed by atoms with E-state index in [0.717, 1.165) is 6.42 Å². The Morgan fingerprint density at radius 3 is 2.48 bits per heavy atom. The van der Waals surface area contributed by atoms with Crippen molar-refractivity contribution in [1.82, 2.24) is 4.58 Å². The highest BCUT2D eigenvalue weighted by molar-refractivity contribution is 6.14. The molecule has 4 aromatic rings. The van der Waals surface area contributed by atoms with E-state index in [1.165, 1.54) is 84.4 Å². The van der Waals surface area contributed by atoms with Gasteiger partial charge in [-0.05, 0) is 69.3 Å². The predicted molar refractivity (Wildman–Crippen MR) is 198 cm³/mol. The Bertz CT molecular complexity index is 2400. The topological polar surface area (TPSA) is 9.49 Å². The molecule has 2 unspecified atom stereocenters. The summed E-state index contributed by atoms with van der Waals surface area (Å²) in [5, 5.41) is 0. The fourth-order valence-corrected chi connectivity index (χ4v) is 9.52. The van der Waals surface area contributed by atoms with Crippen LogP contribution in [0, 0.1) is 0 Å². The van der Waals surface area contributed by atoms with E-state index in [1.807, 2.05) is 0 Å². The molecular formula is C45H34N3+. The first-order valence-electron chi connectivity index (χ1n) is 17.2. The van der Waals surface area contributed by atoms with E-state index >= 15 is 0 Å². The number of para-hydroxylation sites is 3. The van der Waals surface area contributed by atoms with Crippen LogP contribution in [-0.4, -0.2) is 17.8 Å². The Hall–Kier alpha value is -5.67. The molecule has 2 atom stereocenters. The first-order chi connectivity index (χ1) is 23.6. The van der Waals surface area contributed by atoms with E-state index < -0.39 is 0 Å². The van der Waals surface area contributed by atoms with Crippen LogP contribution in [0.15, 0.2) is 179 Å². The number of hydrogen-bond acceptors (Lipinski definition) is 2. The molecule has 4 aromatic carbocycles. The first-order valence-corrected chi connectivity index (χ1v) is 17.2. The summed E-state index contributed by atoms with van der Waals surface area (Å²) in [5.74, 6) is 0. The molecule has 4 aliphatic carbocycles. The molecule has 0 bridgehead atoms. The number of anilines is 2. The van der Waals surface area contributed by atoms with Crippen LogP contribution in [0.5, 0.6) is 0 Å². The second kappa shape index (κ2) is 9.23. The molecule has 0 radical (unpaired) electrons. The number of hydrogen-bond donors (Lipinski definition) is 0. The van der Waals surface area contributed by atoms with Crippen molar-refractivity contribution in [3.63, 3.8) is 0 Å². The third-order valence-electron chi connectivity index (χ3n) is 11.6. The van der Waals surface area contributed by atoms with Gasteiger partial charge < -0.3 is 9.80 Å². The number of allylic oxidation sites excluding steroid dienone is 7. The number of fused-ring (bicyclic) bond motifs is 9. The van der Waals surface area contributed by atoms with Crippen molar-refractivity contribution in [2.24, 2.45) is 0 Å². The molecule has 3 heteroatoms. The van der Waals surface area contributed by atoms with Crippen molar-refractivity contribution < 1.29 is 0 Å². The second-order valence-electron chi connectivity index (χ2n) is 14.3. The monoisotopic (exact) mass is 616 g/mol. The Labute approximate surface area is 281 Å². The predicted octanol–water partition coefficient (Wildman–Crippen LogP) is 9.82. The molecule has 3 heterocycles. The first kappa shape index (κ1) is 26.4. The molecule has 3 nitrogen and oxygen atoms in total. The van der Waals surface area contributed by atoms with Gasteiger partial charge in [-0.25, -0.2) is 0 Å². The Morgan fingerprint density at radius 1 is 0.750 bits per heavy atom. The molecule has 0 N–H and O–H groups in total. The highest BCUT2D eigenvalue weighted by Crippen LogP contribution is 2.55. The van der Waals surface area contributed by atoms with Crippen molar-refractivity contribution in [3.8, 4) is 11.1 Å². The van der Waals surface area contributed by atoms with Crippen LogP contribution >= 0.6 is 0 Å². The van der Waals surface area contributed by atoms with E-state index in [0.29, 0.717) is 0 Å². The number of nitrogens with zero attached hydrogens (tertiary/aromatic N) is 3. The van der Waals surface area contributed by atoms with Gasteiger partial charge in [0.1, 0.15) is 11.7 Å². The van der Waals surface area contributed by atoms with Gasteiger partial charge in [0, 0.05) is 58.8 Å². The normalized spacial score (nSPS) is 23.0. The van der Waals surface area contributed by atoms with Crippen LogP contribution in [0.4, 0.5) is 22.7 Å². The van der Waals surface area contributed by atoms with Crippen molar-refractivity contribution >= 4 is 28.5 Å². The maximum Gasteiger partial charge on any atom is 0.235 e. The minimum absolute atomic E-state index is 0.0560. The zero-order valence-corrected chi connectivity index (χ0v) is 27.1. The van der Waals surface area contributed by atoms with Gasteiger partial charge in [-0.15, -0.1) is 0 Å². The van der Waals surface area contributed by atoms with Crippen molar-refractivity contribution in [3.05, 3.63) is 190 Å². The quantitative estimate of drug-likeness (QED) is 0.207. The molecule has 48 heavy (non-hydrogen) atoms. The second-order valence-corrected chi connectivity index (χ2v) is 14.3. The van der Waals surface area contributed by atoms with E-state index in [4.69, 9.17) is 0 Å². The van der Waals surface area contributed by atoms with Crippen LogP contribution in [0.2, 0.25) is 0 Å². The van der Waals surface area contributed by atoms with Crippen LogP contribution in [0.1, 0.15) is 31.4 Å². The van der Waals surface area contributed by atoms with Crippen LogP contribution in [-0.2, 0) is 5.41 Å². The fraction of sp³-hybridized carbons (Fsp3) is 0.133. The van der Waals surface area contributed by atoms with Gasteiger partial charge in [-0.1, -0.05) is 105 Å². The van der Waals surface area contributed by atoms with Crippen LogP contribution in [0.3, 0.4) is 0 Å².